The molecule has 0 spiro atoms. The average Bonchev–Trinajstić information content (AvgIpc) is 3.20. The summed E-state index contributed by atoms with van der Waals surface area (Å²) in [6.45, 7) is 10.3. The third-order valence-electron chi connectivity index (χ3n) is 7.21. The molecule has 0 unspecified atom stereocenters. The molecule has 3 aromatic rings. The number of nitrogens with one attached hydrogen (secondary N) is 1. The summed E-state index contributed by atoms with van der Waals surface area (Å²) in [7, 11) is -3.00. The highest BCUT2D eigenvalue weighted by molar-refractivity contribution is 6.99. The third-order valence-corrected chi connectivity index (χ3v) is 12.2. The van der Waals surface area contributed by atoms with Crippen LogP contribution in [0.25, 0.3) is 0 Å². The van der Waals surface area contributed by atoms with Gasteiger partial charge in [-0.25, -0.2) is 13.8 Å². The van der Waals surface area contributed by atoms with Crippen LogP contribution in [0, 0.1) is 5.92 Å². The van der Waals surface area contributed by atoms with Crippen LogP contribution in [0.2, 0.25) is 5.04 Å². The first-order valence-corrected chi connectivity index (χ1v) is 15.2. The maximum Gasteiger partial charge on any atom is 0.330 e. The first-order valence-electron chi connectivity index (χ1n) is 13.3. The van der Waals surface area contributed by atoms with Crippen LogP contribution in [-0.2, 0) is 9.16 Å². The van der Waals surface area contributed by atoms with Crippen molar-refractivity contribution < 1.29 is 18.8 Å². The third kappa shape index (κ3) is 5.71. The fourth-order valence-electron chi connectivity index (χ4n) is 5.55. The standard InChI is InChI=1S/C29H38FN3O5Si/c1-20(2)18-32(36)26-23(38-27(25(26)30)33-24(34)16-17-31-28(33)35)19-37-39(29(3,4)5,21-12-8-6-9-13-21)22-14-10-7-11-15-22/h6-17,20,23,25-27,36H,18-19H2,1-5H3,(H,31,35)/t23-,25+,26-,27-/m1/s1. The van der Waals surface area contributed by atoms with E-state index in [2.05, 4.69) is 50.0 Å². The summed E-state index contributed by atoms with van der Waals surface area (Å²) in [5.74, 6) is 0.0300. The van der Waals surface area contributed by atoms with Gasteiger partial charge >= 0.3 is 5.69 Å². The van der Waals surface area contributed by atoms with Crippen molar-refractivity contribution in [3.8, 4) is 0 Å². The van der Waals surface area contributed by atoms with Crippen LogP contribution < -0.4 is 21.6 Å². The Morgan fingerprint density at radius 2 is 1.62 bits per heavy atom. The monoisotopic (exact) mass is 555 g/mol. The highest BCUT2D eigenvalue weighted by Gasteiger charge is 2.54. The zero-order chi connectivity index (χ0) is 28.4. The van der Waals surface area contributed by atoms with E-state index in [4.69, 9.17) is 9.16 Å². The first-order chi connectivity index (χ1) is 18.5. The molecule has 0 saturated carbocycles. The molecule has 1 aromatic heterocycles. The molecule has 8 nitrogen and oxygen atoms in total. The van der Waals surface area contributed by atoms with E-state index < -0.39 is 44.1 Å². The van der Waals surface area contributed by atoms with E-state index in [9.17, 15) is 14.8 Å². The molecule has 1 fully saturated rings. The lowest BCUT2D eigenvalue weighted by Gasteiger charge is -2.44. The minimum Gasteiger partial charge on any atom is -0.405 e. The molecule has 2 N–H and O–H groups in total. The predicted octanol–water partition coefficient (Wildman–Crippen LogP) is 3.06. The molecule has 2 heterocycles. The van der Waals surface area contributed by atoms with Crippen LogP contribution in [0.4, 0.5) is 4.39 Å². The SMILES string of the molecule is CC(C)CN(O)[C@H]1[C@H](F)[C@H](n2c(=O)cc[nH]c2=O)O[C@@H]1CO[Si](c1ccccc1)(c1ccccc1)C(C)(C)C. The van der Waals surface area contributed by atoms with E-state index in [0.717, 1.165) is 26.1 Å². The lowest BCUT2D eigenvalue weighted by molar-refractivity contribution is -0.160. The van der Waals surface area contributed by atoms with Crippen molar-refractivity contribution in [1.29, 1.82) is 0 Å². The Morgan fingerprint density at radius 1 is 1.05 bits per heavy atom. The van der Waals surface area contributed by atoms with Crippen molar-refractivity contribution in [2.24, 2.45) is 5.92 Å². The maximum absolute atomic E-state index is 16.1. The van der Waals surface area contributed by atoms with Crippen LogP contribution in [0.15, 0.2) is 82.5 Å². The second-order valence-electron chi connectivity index (χ2n) is 11.5. The number of halogens is 1. The lowest BCUT2D eigenvalue weighted by atomic mass is 10.1. The molecular formula is C29H38FN3O5Si. The normalized spacial score (nSPS) is 22.1. The van der Waals surface area contributed by atoms with E-state index in [1.165, 1.54) is 6.20 Å². The smallest absolute Gasteiger partial charge is 0.330 e. The Hall–Kier alpha value is -2.89. The number of nitrogens with zero attached hydrogens (tertiary/aromatic N) is 2. The number of rotatable bonds is 9. The van der Waals surface area contributed by atoms with E-state index in [1.54, 1.807) is 0 Å². The molecule has 0 radical (unpaired) electrons. The number of benzene rings is 2. The van der Waals surface area contributed by atoms with E-state index in [0.29, 0.717) is 0 Å². The van der Waals surface area contributed by atoms with Gasteiger partial charge in [0.05, 0.1) is 12.6 Å². The number of ether oxygens (including phenoxy) is 1. The topological polar surface area (TPSA) is 96.8 Å². The molecule has 2 aromatic carbocycles. The molecular weight excluding hydrogens is 517 g/mol. The van der Waals surface area contributed by atoms with Crippen molar-refractivity contribution in [2.75, 3.05) is 13.2 Å². The van der Waals surface area contributed by atoms with Gasteiger partial charge in [-0.3, -0.25) is 4.79 Å². The minimum atomic E-state index is -3.00. The summed E-state index contributed by atoms with van der Waals surface area (Å²) in [5, 5.41) is 13.7. The zero-order valence-electron chi connectivity index (χ0n) is 23.1. The second kappa shape index (κ2) is 11.7. The number of aromatic nitrogens is 2. The summed E-state index contributed by atoms with van der Waals surface area (Å²) in [6.07, 6.45) is -3.12. The van der Waals surface area contributed by atoms with Crippen LogP contribution in [0.1, 0.15) is 40.8 Å². The molecule has 1 saturated heterocycles. The second-order valence-corrected chi connectivity index (χ2v) is 15.8. The number of hydrogen-bond acceptors (Lipinski definition) is 6. The van der Waals surface area contributed by atoms with Gasteiger partial charge in [0.15, 0.2) is 12.4 Å². The molecule has 1 aliphatic heterocycles. The van der Waals surface area contributed by atoms with Crippen molar-refractivity contribution in [3.63, 3.8) is 0 Å². The Balaban J connectivity index is 1.77. The first kappa shape index (κ1) is 29.1. The molecule has 210 valence electrons. The van der Waals surface area contributed by atoms with Gasteiger partial charge in [-0.05, 0) is 21.3 Å². The fraction of sp³-hybridized carbons (Fsp3) is 0.448. The van der Waals surface area contributed by atoms with Gasteiger partial charge in [-0.2, -0.15) is 5.06 Å². The van der Waals surface area contributed by atoms with Gasteiger partial charge in [-0.15, -0.1) is 0 Å². The van der Waals surface area contributed by atoms with Crippen molar-refractivity contribution in [2.45, 2.75) is 64.2 Å². The van der Waals surface area contributed by atoms with Gasteiger partial charge in [0, 0.05) is 18.8 Å². The highest BCUT2D eigenvalue weighted by Crippen LogP contribution is 2.39. The molecule has 0 bridgehead atoms. The number of aromatic amines is 1. The van der Waals surface area contributed by atoms with E-state index >= 15 is 4.39 Å². The summed E-state index contributed by atoms with van der Waals surface area (Å²) < 4.78 is 29.8. The molecule has 39 heavy (non-hydrogen) atoms. The number of H-pyrrole nitrogens is 1. The van der Waals surface area contributed by atoms with Crippen LogP contribution in [-0.4, -0.2) is 59.6 Å². The largest absolute Gasteiger partial charge is 0.405 e. The summed E-state index contributed by atoms with van der Waals surface area (Å²) in [6, 6.07) is 20.0. The zero-order valence-corrected chi connectivity index (χ0v) is 24.1. The average molecular weight is 556 g/mol. The Morgan fingerprint density at radius 3 is 2.10 bits per heavy atom. The van der Waals surface area contributed by atoms with Gasteiger partial charge < -0.3 is 19.4 Å². The maximum atomic E-state index is 16.1. The molecule has 1 aliphatic rings. The lowest BCUT2D eigenvalue weighted by Crippen LogP contribution is -2.67. The molecule has 4 atom stereocenters. The van der Waals surface area contributed by atoms with E-state index in [-0.39, 0.29) is 24.1 Å². The molecule has 0 amide bonds. The number of hydrogen-bond donors (Lipinski definition) is 2. The van der Waals surface area contributed by atoms with Gasteiger partial charge in [0.25, 0.3) is 13.9 Å². The molecule has 4 rings (SSSR count). The number of hydroxylamine groups is 2. The Bertz CT molecular complexity index is 1270. The number of alkyl halides is 1. The fourth-order valence-corrected chi connectivity index (χ4v) is 10.1. The van der Waals surface area contributed by atoms with Crippen molar-refractivity contribution >= 4 is 18.7 Å². The van der Waals surface area contributed by atoms with E-state index in [1.807, 2.05) is 50.2 Å². The van der Waals surface area contributed by atoms with Crippen molar-refractivity contribution in [1.82, 2.24) is 14.6 Å². The van der Waals surface area contributed by atoms with Gasteiger partial charge in [-0.1, -0.05) is 95.3 Å². The van der Waals surface area contributed by atoms with Gasteiger partial charge in [0.2, 0.25) is 0 Å². The Labute approximate surface area is 229 Å². The summed E-state index contributed by atoms with van der Waals surface area (Å²) in [5.41, 5.74) is -1.47. The quantitative estimate of drug-likeness (QED) is 0.311. The van der Waals surface area contributed by atoms with Crippen LogP contribution in [0.3, 0.4) is 0 Å². The summed E-state index contributed by atoms with van der Waals surface area (Å²) in [4.78, 5) is 27.5. The van der Waals surface area contributed by atoms with Crippen LogP contribution in [0.5, 0.6) is 0 Å². The van der Waals surface area contributed by atoms with Gasteiger partial charge in [0.1, 0.15) is 6.10 Å². The molecule has 0 aliphatic carbocycles. The molecule has 10 heteroatoms. The van der Waals surface area contributed by atoms with Crippen LogP contribution >= 0.6 is 0 Å². The predicted molar refractivity (Wildman–Crippen MR) is 151 cm³/mol. The van der Waals surface area contributed by atoms with Crippen molar-refractivity contribution in [3.05, 3.63) is 93.8 Å². The minimum absolute atomic E-state index is 0.0300. The highest BCUT2D eigenvalue weighted by atomic mass is 28.4. The summed E-state index contributed by atoms with van der Waals surface area (Å²) >= 11 is 0. The Kier molecular flexibility index (Phi) is 8.72.